The molecule has 0 spiro atoms. The van der Waals surface area contributed by atoms with Crippen molar-refractivity contribution in [3.05, 3.63) is 63.7 Å². The van der Waals surface area contributed by atoms with Crippen molar-refractivity contribution in [1.82, 2.24) is 36.0 Å². The number of carbonyl (C=O) groups is 8. The van der Waals surface area contributed by atoms with Crippen molar-refractivity contribution in [3.8, 4) is 17.2 Å². The van der Waals surface area contributed by atoms with Crippen LogP contribution in [-0.4, -0.2) is 200 Å². The maximum absolute atomic E-state index is 14.2. The van der Waals surface area contributed by atoms with Gasteiger partial charge in [-0.15, -0.1) is 0 Å². The molecule has 24 heteroatoms. The van der Waals surface area contributed by atoms with Crippen molar-refractivity contribution in [2.45, 2.75) is 94.2 Å². The number of nitrogens with zero attached hydrogens (tertiary/aromatic N) is 3. The first-order valence-corrected chi connectivity index (χ1v) is 24.2. The Bertz CT molecular complexity index is 2560. The van der Waals surface area contributed by atoms with Gasteiger partial charge in [0.1, 0.15) is 29.0 Å². The van der Waals surface area contributed by atoms with E-state index < -0.39 is 126 Å². The Morgan fingerprint density at radius 1 is 0.863 bits per heavy atom. The number of ether oxygens (including phenoxy) is 6. The molecule has 2 aromatic carbocycles. The Morgan fingerprint density at radius 3 is 2.23 bits per heavy atom. The first-order chi connectivity index (χ1) is 34.9. The van der Waals surface area contributed by atoms with Gasteiger partial charge in [0.25, 0.3) is 17.7 Å². The van der Waals surface area contributed by atoms with E-state index in [1.54, 1.807) is 0 Å². The molecule has 0 radical (unpaired) electrons. The van der Waals surface area contributed by atoms with E-state index in [-0.39, 0.29) is 72.6 Å². The number of nitrogens with one attached hydrogen (secondary N) is 4. The van der Waals surface area contributed by atoms with Gasteiger partial charge in [-0.25, -0.2) is 0 Å². The minimum absolute atomic E-state index is 0.0550. The average Bonchev–Trinajstić information content (AvgIpc) is 3.92. The summed E-state index contributed by atoms with van der Waals surface area (Å²) >= 11 is 0. The van der Waals surface area contributed by atoms with E-state index in [9.17, 15) is 53.7 Å². The van der Waals surface area contributed by atoms with E-state index in [0.717, 1.165) is 17.1 Å². The van der Waals surface area contributed by atoms with E-state index >= 15 is 0 Å². The lowest BCUT2D eigenvalue weighted by Gasteiger charge is -2.43. The van der Waals surface area contributed by atoms with Gasteiger partial charge in [0.2, 0.25) is 23.5 Å². The highest BCUT2D eigenvalue weighted by molar-refractivity contribution is 6.31. The van der Waals surface area contributed by atoms with Gasteiger partial charge >= 0.3 is 0 Å². The summed E-state index contributed by atoms with van der Waals surface area (Å²) in [6, 6.07) is 4.21. The fourth-order valence-corrected chi connectivity index (χ4v) is 10.3. The van der Waals surface area contributed by atoms with Crippen LogP contribution in [0.15, 0.2) is 30.4 Å². The molecule has 0 bridgehead atoms. The van der Waals surface area contributed by atoms with Crippen molar-refractivity contribution in [1.29, 1.82) is 0 Å². The maximum Gasteiger partial charge on any atom is 0.253 e. The third-order valence-electron chi connectivity index (χ3n) is 14.0. The number of aromatic hydroxyl groups is 2. The molecule has 394 valence electrons. The number of hydrogen-bond donors (Lipinski definition) is 7. The van der Waals surface area contributed by atoms with Crippen LogP contribution in [0.2, 0.25) is 0 Å². The van der Waals surface area contributed by atoms with Crippen LogP contribution in [-0.2, 0) is 58.9 Å². The normalized spacial score (nSPS) is 26.2. The summed E-state index contributed by atoms with van der Waals surface area (Å²) in [6.07, 6.45) is -2.05. The van der Waals surface area contributed by atoms with E-state index in [4.69, 9.17) is 28.4 Å². The second-order valence-corrected chi connectivity index (χ2v) is 18.8. The van der Waals surface area contributed by atoms with Gasteiger partial charge in [0, 0.05) is 93.9 Å². The maximum atomic E-state index is 14.2. The van der Waals surface area contributed by atoms with Gasteiger partial charge < -0.3 is 69.9 Å². The van der Waals surface area contributed by atoms with E-state index in [1.165, 1.54) is 32.4 Å². The number of benzene rings is 2. The van der Waals surface area contributed by atoms with Crippen LogP contribution in [0.1, 0.15) is 88.1 Å². The molecule has 4 heterocycles. The van der Waals surface area contributed by atoms with Gasteiger partial charge in [-0.1, -0.05) is 12.1 Å². The van der Waals surface area contributed by atoms with Crippen molar-refractivity contribution in [3.63, 3.8) is 0 Å². The smallest absolute Gasteiger partial charge is 0.253 e. The summed E-state index contributed by atoms with van der Waals surface area (Å²) in [7, 11) is 4.72. The minimum Gasteiger partial charge on any atom is -0.507 e. The Morgan fingerprint density at radius 2 is 1.53 bits per heavy atom. The number of phenols is 2. The Hall–Kier alpha value is -6.38. The number of phenolic OH excluding ortho intramolecular Hbond substituents is 2. The van der Waals surface area contributed by atoms with Gasteiger partial charge in [0.05, 0.1) is 55.7 Å². The lowest BCUT2D eigenvalue weighted by atomic mass is 9.72. The molecule has 3 saturated heterocycles. The number of fused-ring (bicyclic) bond motifs is 6. The molecule has 2 aromatic rings. The van der Waals surface area contributed by atoms with Crippen molar-refractivity contribution in [2.75, 3.05) is 80.2 Å². The molecular formula is C49H61N7O17. The zero-order valence-corrected chi connectivity index (χ0v) is 40.9. The van der Waals surface area contributed by atoms with Crippen LogP contribution in [0.5, 0.6) is 17.2 Å². The molecule has 0 unspecified atom stereocenters. The van der Waals surface area contributed by atoms with Crippen molar-refractivity contribution < 1.29 is 82.1 Å². The Balaban J connectivity index is 0.857. The van der Waals surface area contributed by atoms with E-state index in [1.807, 2.05) is 18.9 Å². The second kappa shape index (κ2) is 22.4. The minimum atomic E-state index is -2.24. The molecule has 7 N–H and O–H groups in total. The number of hydrogen-bond acceptors (Lipinski definition) is 19. The number of morpholine rings is 1. The zero-order valence-electron chi connectivity index (χ0n) is 40.9. The number of carbonyl (C=O) groups excluding carboxylic acids is 8. The van der Waals surface area contributed by atoms with Gasteiger partial charge in [0.15, 0.2) is 24.6 Å². The predicted octanol–water partition coefficient (Wildman–Crippen LogP) is -1.36. The number of methoxy groups -OCH3 is 2. The lowest BCUT2D eigenvalue weighted by Crippen LogP contribution is -2.55. The van der Waals surface area contributed by atoms with Crippen LogP contribution >= 0.6 is 0 Å². The monoisotopic (exact) mass is 1020 g/mol. The first-order valence-electron chi connectivity index (χ1n) is 24.2. The molecule has 8 atom stereocenters. The highest BCUT2D eigenvalue weighted by atomic mass is 16.7. The SMILES string of the molecule is COc1cccc2c1C(=O)c1c(O)c3c(c(O)c1C2=O)C[C@@](O)(C(=O)NCCCN(C)CCCNC(=O)CNC(=O)CNC(=O)CCN1C(=O)C=CC1=O)C[C@@H]3O[C@H]1C[C@H]2[C@H](O[C@@H]3[C@@H](OC)OCCN32)[C@H](C)O1. The molecule has 6 amide bonds. The number of rotatable bonds is 20. The summed E-state index contributed by atoms with van der Waals surface area (Å²) < 4.78 is 36.0. The summed E-state index contributed by atoms with van der Waals surface area (Å²) in [6.45, 7) is 3.39. The molecule has 0 aromatic heterocycles. The molecule has 6 aliphatic rings. The van der Waals surface area contributed by atoms with E-state index in [0.29, 0.717) is 45.6 Å². The number of imide groups is 1. The van der Waals surface area contributed by atoms with Crippen LogP contribution in [0.3, 0.4) is 0 Å². The average molecular weight is 1020 g/mol. The van der Waals surface area contributed by atoms with Crippen LogP contribution in [0, 0.1) is 0 Å². The standard InChI is InChI=1S/C49H61N7O17/c1-25-45-28(55-18-19-70-47(69-4)46(55)73-45)20-36(71-25)72-30-22-49(67,21-27-38(30)44(65)40-39(42(27)63)41(62)26-8-5-9-29(68-3)37(26)43(40)64)48(66)51-14-7-16-54(2)15-6-13-50-32(58)23-53-33(59)24-52-31(57)12-17-56-34(60)10-11-35(56)61/h5,8-11,25,28,30,36,45-47,63,65,67H,6-7,12-24H2,1-4H3,(H,50,58)(H,51,66)(H,52,57)(H,53,59)/t25-,28-,30-,36-,45+,46+,47-,49-/m0/s1. The molecule has 73 heavy (non-hydrogen) atoms. The molecule has 4 aliphatic heterocycles. The summed E-state index contributed by atoms with van der Waals surface area (Å²) in [5.41, 5.74) is -3.51. The summed E-state index contributed by atoms with van der Waals surface area (Å²) in [4.78, 5) is 107. The zero-order chi connectivity index (χ0) is 52.3. The van der Waals surface area contributed by atoms with Crippen LogP contribution in [0.4, 0.5) is 0 Å². The Kier molecular flexibility index (Phi) is 16.2. The van der Waals surface area contributed by atoms with Crippen LogP contribution < -0.4 is 26.0 Å². The summed E-state index contributed by atoms with van der Waals surface area (Å²) in [5, 5.41) is 46.7. The largest absolute Gasteiger partial charge is 0.507 e. The van der Waals surface area contributed by atoms with Crippen molar-refractivity contribution >= 4 is 47.0 Å². The molecule has 0 saturated carbocycles. The molecule has 2 aliphatic carbocycles. The third kappa shape index (κ3) is 11.0. The van der Waals surface area contributed by atoms with Crippen LogP contribution in [0.25, 0.3) is 0 Å². The quantitative estimate of drug-likeness (QED) is 0.0391. The Labute approximate surface area is 419 Å². The topological polar surface area (TPSA) is 310 Å². The highest BCUT2D eigenvalue weighted by Gasteiger charge is 2.55. The molecule has 24 nitrogen and oxygen atoms in total. The summed E-state index contributed by atoms with van der Waals surface area (Å²) in [5.74, 6) is -6.17. The van der Waals surface area contributed by atoms with Crippen molar-refractivity contribution in [2.24, 2.45) is 0 Å². The van der Waals surface area contributed by atoms with E-state index in [2.05, 4.69) is 26.2 Å². The second-order valence-electron chi connectivity index (χ2n) is 18.8. The lowest BCUT2D eigenvalue weighted by molar-refractivity contribution is -0.256. The molecular weight excluding hydrogens is 959 g/mol. The van der Waals surface area contributed by atoms with Gasteiger partial charge in [-0.05, 0) is 46.0 Å². The fourth-order valence-electron chi connectivity index (χ4n) is 10.3. The third-order valence-corrected chi connectivity index (χ3v) is 14.0. The molecule has 8 rings (SSSR count). The van der Waals surface area contributed by atoms with Gasteiger partial charge in [-0.3, -0.25) is 48.2 Å². The number of ketones is 2. The molecule has 3 fully saturated rings. The number of amides is 6. The number of aliphatic hydroxyl groups is 1. The van der Waals surface area contributed by atoms with Gasteiger partial charge in [-0.2, -0.15) is 0 Å². The predicted molar refractivity (Wildman–Crippen MR) is 251 cm³/mol. The first kappa shape index (κ1) is 52.9. The highest BCUT2D eigenvalue weighted by Crippen LogP contribution is 2.53. The fraction of sp³-hybridized carbons (Fsp3) is 0.551.